The lowest BCUT2D eigenvalue weighted by atomic mass is 9.98. The SMILES string of the molecule is C=CCN1CCCC(C(=O)O)C1.Cl. The van der Waals surface area contributed by atoms with Crippen molar-refractivity contribution in [2.24, 2.45) is 5.92 Å². The van der Waals surface area contributed by atoms with Gasteiger partial charge in [-0.2, -0.15) is 0 Å². The number of aliphatic carboxylic acids is 1. The van der Waals surface area contributed by atoms with Crippen LogP contribution in [0, 0.1) is 5.92 Å². The Morgan fingerprint density at radius 2 is 2.38 bits per heavy atom. The number of carboxylic acid groups (broad SMARTS) is 1. The van der Waals surface area contributed by atoms with Crippen LogP contribution >= 0.6 is 12.4 Å². The molecule has 1 fully saturated rings. The summed E-state index contributed by atoms with van der Waals surface area (Å²) in [5, 5.41) is 8.77. The number of rotatable bonds is 3. The van der Waals surface area contributed by atoms with Crippen molar-refractivity contribution in [2.75, 3.05) is 19.6 Å². The van der Waals surface area contributed by atoms with E-state index in [1.807, 2.05) is 6.08 Å². The van der Waals surface area contributed by atoms with Gasteiger partial charge in [0.2, 0.25) is 0 Å². The van der Waals surface area contributed by atoms with Crippen LogP contribution in [0.2, 0.25) is 0 Å². The molecule has 0 saturated carbocycles. The molecule has 0 amide bonds. The number of hydrogen-bond donors (Lipinski definition) is 1. The molecule has 0 spiro atoms. The molecule has 3 nitrogen and oxygen atoms in total. The van der Waals surface area contributed by atoms with Crippen molar-refractivity contribution < 1.29 is 9.90 Å². The Bertz CT molecular complexity index is 184. The third-order valence-electron chi connectivity index (χ3n) is 2.24. The first-order valence-corrected chi connectivity index (χ1v) is 4.30. The molecule has 13 heavy (non-hydrogen) atoms. The van der Waals surface area contributed by atoms with Crippen molar-refractivity contribution in [3.05, 3.63) is 12.7 Å². The average molecular weight is 206 g/mol. The summed E-state index contributed by atoms with van der Waals surface area (Å²) in [5.74, 6) is -0.831. The van der Waals surface area contributed by atoms with Crippen molar-refractivity contribution in [1.29, 1.82) is 0 Å². The van der Waals surface area contributed by atoms with Gasteiger partial charge in [0, 0.05) is 13.1 Å². The predicted octanol–water partition coefficient (Wildman–Crippen LogP) is 1.39. The van der Waals surface area contributed by atoms with Crippen LogP contribution in [0.1, 0.15) is 12.8 Å². The molecule has 1 unspecified atom stereocenters. The van der Waals surface area contributed by atoms with E-state index >= 15 is 0 Å². The first kappa shape index (κ1) is 12.5. The molecular formula is C9H16ClNO2. The Hall–Kier alpha value is -0.540. The summed E-state index contributed by atoms with van der Waals surface area (Å²) in [4.78, 5) is 12.8. The second kappa shape index (κ2) is 6.00. The normalized spacial score (nSPS) is 23.2. The van der Waals surface area contributed by atoms with Gasteiger partial charge in [0.25, 0.3) is 0 Å². The standard InChI is InChI=1S/C9H15NO2.ClH/c1-2-5-10-6-3-4-8(7-10)9(11)12;/h2,8H,1,3-7H2,(H,11,12);1H. The lowest BCUT2D eigenvalue weighted by Crippen LogP contribution is -2.38. The minimum Gasteiger partial charge on any atom is -0.481 e. The minimum absolute atomic E-state index is 0. The second-order valence-electron chi connectivity index (χ2n) is 3.23. The van der Waals surface area contributed by atoms with Crippen molar-refractivity contribution in [3.8, 4) is 0 Å². The van der Waals surface area contributed by atoms with E-state index in [1.165, 1.54) is 0 Å². The van der Waals surface area contributed by atoms with Gasteiger partial charge in [0.05, 0.1) is 5.92 Å². The molecule has 1 rings (SSSR count). The van der Waals surface area contributed by atoms with Crippen molar-refractivity contribution in [3.63, 3.8) is 0 Å². The monoisotopic (exact) mass is 205 g/mol. The molecule has 4 heteroatoms. The molecule has 0 aromatic carbocycles. The van der Waals surface area contributed by atoms with Crippen LogP contribution in [0.5, 0.6) is 0 Å². The molecule has 1 saturated heterocycles. The van der Waals surface area contributed by atoms with E-state index in [0.717, 1.165) is 25.9 Å². The van der Waals surface area contributed by atoms with E-state index in [1.54, 1.807) is 0 Å². The van der Waals surface area contributed by atoms with Gasteiger partial charge in [-0.25, -0.2) is 0 Å². The summed E-state index contributed by atoms with van der Waals surface area (Å²) in [7, 11) is 0. The third-order valence-corrected chi connectivity index (χ3v) is 2.24. The Kier molecular flexibility index (Phi) is 5.75. The quantitative estimate of drug-likeness (QED) is 0.708. The van der Waals surface area contributed by atoms with Crippen LogP contribution < -0.4 is 0 Å². The van der Waals surface area contributed by atoms with Gasteiger partial charge in [-0.3, -0.25) is 9.69 Å². The number of nitrogens with zero attached hydrogens (tertiary/aromatic N) is 1. The Labute approximate surface area is 84.8 Å². The summed E-state index contributed by atoms with van der Waals surface area (Å²) in [6.45, 7) is 6.14. The molecule has 76 valence electrons. The highest BCUT2D eigenvalue weighted by molar-refractivity contribution is 5.85. The molecular weight excluding hydrogens is 190 g/mol. The van der Waals surface area contributed by atoms with Gasteiger partial charge in [-0.05, 0) is 19.4 Å². The Morgan fingerprint density at radius 1 is 1.69 bits per heavy atom. The van der Waals surface area contributed by atoms with Gasteiger partial charge < -0.3 is 5.11 Å². The van der Waals surface area contributed by atoms with Crippen LogP contribution in [0.4, 0.5) is 0 Å². The fraction of sp³-hybridized carbons (Fsp3) is 0.667. The highest BCUT2D eigenvalue weighted by atomic mass is 35.5. The zero-order valence-corrected chi connectivity index (χ0v) is 8.42. The van der Waals surface area contributed by atoms with E-state index in [9.17, 15) is 4.79 Å². The van der Waals surface area contributed by atoms with Gasteiger partial charge in [-0.15, -0.1) is 19.0 Å². The van der Waals surface area contributed by atoms with E-state index in [2.05, 4.69) is 11.5 Å². The van der Waals surface area contributed by atoms with Crippen LogP contribution in [-0.4, -0.2) is 35.6 Å². The molecule has 1 heterocycles. The average Bonchev–Trinajstić information content (AvgIpc) is 2.05. The van der Waals surface area contributed by atoms with Crippen molar-refractivity contribution in [2.45, 2.75) is 12.8 Å². The molecule has 1 N–H and O–H groups in total. The summed E-state index contributed by atoms with van der Waals surface area (Å²) >= 11 is 0. The molecule has 0 aliphatic carbocycles. The van der Waals surface area contributed by atoms with Crippen molar-refractivity contribution in [1.82, 2.24) is 4.90 Å². The third kappa shape index (κ3) is 3.79. The lowest BCUT2D eigenvalue weighted by molar-refractivity contribution is -0.143. The number of piperidine rings is 1. The molecule has 0 aromatic heterocycles. The Balaban J connectivity index is 0.00000144. The molecule has 0 aromatic rings. The number of likely N-dealkylation sites (tertiary alicyclic amines) is 1. The molecule has 0 bridgehead atoms. The number of halogens is 1. The summed E-state index contributed by atoms with van der Waals surface area (Å²) in [5.41, 5.74) is 0. The van der Waals surface area contributed by atoms with Crippen molar-refractivity contribution >= 4 is 18.4 Å². The van der Waals surface area contributed by atoms with Crippen LogP contribution in [0.15, 0.2) is 12.7 Å². The van der Waals surface area contributed by atoms with Gasteiger partial charge >= 0.3 is 5.97 Å². The zero-order chi connectivity index (χ0) is 8.97. The molecule has 0 radical (unpaired) electrons. The van der Waals surface area contributed by atoms with E-state index in [4.69, 9.17) is 5.11 Å². The number of carboxylic acids is 1. The fourth-order valence-corrected chi connectivity index (χ4v) is 1.61. The minimum atomic E-state index is -0.663. The maximum absolute atomic E-state index is 10.7. The fourth-order valence-electron chi connectivity index (χ4n) is 1.61. The van der Waals surface area contributed by atoms with Gasteiger partial charge in [0.1, 0.15) is 0 Å². The van der Waals surface area contributed by atoms with E-state index in [-0.39, 0.29) is 18.3 Å². The Morgan fingerprint density at radius 3 is 2.92 bits per heavy atom. The largest absolute Gasteiger partial charge is 0.481 e. The topological polar surface area (TPSA) is 40.5 Å². The molecule has 1 aliphatic rings. The first-order chi connectivity index (χ1) is 5.74. The number of carbonyl (C=O) groups is 1. The maximum Gasteiger partial charge on any atom is 0.307 e. The predicted molar refractivity (Wildman–Crippen MR) is 54.2 cm³/mol. The van der Waals surface area contributed by atoms with Crippen LogP contribution in [-0.2, 0) is 4.79 Å². The summed E-state index contributed by atoms with van der Waals surface area (Å²) in [6.07, 6.45) is 3.64. The van der Waals surface area contributed by atoms with E-state index in [0.29, 0.717) is 6.54 Å². The lowest BCUT2D eigenvalue weighted by Gasteiger charge is -2.29. The molecule has 1 aliphatic heterocycles. The van der Waals surface area contributed by atoms with Gasteiger partial charge in [-0.1, -0.05) is 6.08 Å². The smallest absolute Gasteiger partial charge is 0.307 e. The zero-order valence-electron chi connectivity index (χ0n) is 7.61. The first-order valence-electron chi connectivity index (χ1n) is 4.30. The van der Waals surface area contributed by atoms with Crippen LogP contribution in [0.3, 0.4) is 0 Å². The summed E-state index contributed by atoms with van der Waals surface area (Å²) in [6, 6.07) is 0. The van der Waals surface area contributed by atoms with Crippen LogP contribution in [0.25, 0.3) is 0 Å². The highest BCUT2D eigenvalue weighted by Gasteiger charge is 2.24. The second-order valence-corrected chi connectivity index (χ2v) is 3.23. The highest BCUT2D eigenvalue weighted by Crippen LogP contribution is 2.15. The van der Waals surface area contributed by atoms with E-state index < -0.39 is 5.97 Å². The summed E-state index contributed by atoms with van der Waals surface area (Å²) < 4.78 is 0. The van der Waals surface area contributed by atoms with Gasteiger partial charge in [0.15, 0.2) is 0 Å². The molecule has 1 atom stereocenters. The maximum atomic E-state index is 10.7. The number of hydrogen-bond acceptors (Lipinski definition) is 2.